The predicted molar refractivity (Wildman–Crippen MR) is 191 cm³/mol. The van der Waals surface area contributed by atoms with Gasteiger partial charge in [0.1, 0.15) is 11.6 Å². The molecule has 15 heteroatoms. The number of carbonyl (C=O) groups excluding carboxylic acids is 3. The number of anilines is 1. The number of nitrogens with one attached hydrogen (secondary N) is 4. The van der Waals surface area contributed by atoms with Crippen LogP contribution in [0, 0.1) is 11.8 Å². The summed E-state index contributed by atoms with van der Waals surface area (Å²) in [7, 11) is -3.86. The second kappa shape index (κ2) is 16.2. The number of ether oxygens (including phenoxy) is 1. The number of sulfonamides is 1. The fourth-order valence-electron chi connectivity index (χ4n) is 6.04. The molecule has 5 rings (SSSR count). The summed E-state index contributed by atoms with van der Waals surface area (Å²) in [6.07, 6.45) is 3.52. The monoisotopic (exact) mass is 716 g/mol. The molecule has 1 saturated carbocycles. The molecule has 1 atom stereocenters. The van der Waals surface area contributed by atoms with Crippen molar-refractivity contribution < 1.29 is 27.5 Å². The Balaban J connectivity index is 1.22. The van der Waals surface area contributed by atoms with Gasteiger partial charge in [-0.3, -0.25) is 9.59 Å². The van der Waals surface area contributed by atoms with Gasteiger partial charge in [0.05, 0.1) is 4.90 Å². The van der Waals surface area contributed by atoms with E-state index in [9.17, 15) is 22.8 Å². The number of tetrazole rings is 1. The van der Waals surface area contributed by atoms with Gasteiger partial charge in [-0.25, -0.2) is 18.4 Å². The Morgan fingerprint density at radius 2 is 1.59 bits per heavy atom. The highest BCUT2D eigenvalue weighted by atomic mass is 32.2. The molecule has 51 heavy (non-hydrogen) atoms. The smallest absolute Gasteiger partial charge is 0.407 e. The van der Waals surface area contributed by atoms with Gasteiger partial charge in [-0.2, -0.15) is 5.21 Å². The van der Waals surface area contributed by atoms with Gasteiger partial charge >= 0.3 is 6.09 Å². The highest BCUT2D eigenvalue weighted by molar-refractivity contribution is 7.89. The fourth-order valence-corrected chi connectivity index (χ4v) is 6.60. The van der Waals surface area contributed by atoms with Gasteiger partial charge in [-0.15, -0.1) is 10.2 Å². The number of H-pyrrole nitrogens is 1. The van der Waals surface area contributed by atoms with E-state index in [0.717, 1.165) is 42.4 Å². The molecule has 0 saturated heterocycles. The number of hydrogen-bond donors (Lipinski definition) is 5. The van der Waals surface area contributed by atoms with Gasteiger partial charge in [0.2, 0.25) is 27.7 Å². The quantitative estimate of drug-likeness (QED) is 0.139. The van der Waals surface area contributed by atoms with Crippen LogP contribution in [-0.2, 0) is 30.8 Å². The number of nitrogens with two attached hydrogens (primary N) is 1. The van der Waals surface area contributed by atoms with Gasteiger partial charge in [-0.05, 0) is 117 Å². The summed E-state index contributed by atoms with van der Waals surface area (Å²) in [5.41, 5.74) is 2.94. The number of alkyl carbamates (subject to hydrolysis) is 1. The molecule has 4 aromatic rings. The zero-order chi connectivity index (χ0) is 36.6. The van der Waals surface area contributed by atoms with E-state index in [0.29, 0.717) is 29.5 Å². The molecule has 14 nitrogen and oxygen atoms in total. The summed E-state index contributed by atoms with van der Waals surface area (Å²) in [6.45, 7) is 6.00. The van der Waals surface area contributed by atoms with Crippen LogP contribution in [0.15, 0.2) is 77.7 Å². The van der Waals surface area contributed by atoms with Crippen LogP contribution in [0.3, 0.4) is 0 Å². The van der Waals surface area contributed by atoms with Crippen molar-refractivity contribution >= 4 is 33.6 Å². The summed E-state index contributed by atoms with van der Waals surface area (Å²) in [4.78, 5) is 39.1. The zero-order valence-electron chi connectivity index (χ0n) is 28.9. The average molecular weight is 717 g/mol. The Bertz CT molecular complexity index is 1900. The highest BCUT2D eigenvalue weighted by Crippen LogP contribution is 2.31. The number of carbonyl (C=O) groups is 3. The third-order valence-electron chi connectivity index (χ3n) is 8.67. The summed E-state index contributed by atoms with van der Waals surface area (Å²) in [5.74, 6) is 0.307. The Hall–Kier alpha value is -5.15. The predicted octanol–water partition coefficient (Wildman–Crippen LogP) is 4.57. The van der Waals surface area contributed by atoms with Crippen molar-refractivity contribution in [3.63, 3.8) is 0 Å². The van der Waals surface area contributed by atoms with Crippen LogP contribution >= 0.6 is 0 Å². The van der Waals surface area contributed by atoms with Crippen LogP contribution < -0.4 is 21.1 Å². The van der Waals surface area contributed by atoms with Crippen molar-refractivity contribution in [3.8, 4) is 22.5 Å². The number of amides is 3. The molecule has 1 aliphatic carbocycles. The Kier molecular flexibility index (Phi) is 11.8. The van der Waals surface area contributed by atoms with E-state index < -0.39 is 27.8 Å². The summed E-state index contributed by atoms with van der Waals surface area (Å²) in [5, 5.41) is 28.0. The molecule has 1 heterocycles. The topological polar surface area (TPSA) is 211 Å². The average Bonchev–Trinajstić information content (AvgIpc) is 3.63. The molecule has 1 unspecified atom stereocenters. The summed E-state index contributed by atoms with van der Waals surface area (Å²) < 4.78 is 29.0. The Morgan fingerprint density at radius 1 is 0.922 bits per heavy atom. The normalized spacial score (nSPS) is 16.9. The summed E-state index contributed by atoms with van der Waals surface area (Å²) >= 11 is 0. The first-order valence-corrected chi connectivity index (χ1v) is 18.4. The largest absolute Gasteiger partial charge is 0.444 e. The lowest BCUT2D eigenvalue weighted by Gasteiger charge is -2.29. The molecule has 1 fully saturated rings. The minimum Gasteiger partial charge on any atom is -0.444 e. The van der Waals surface area contributed by atoms with E-state index >= 15 is 0 Å². The van der Waals surface area contributed by atoms with Crippen LogP contribution in [0.5, 0.6) is 0 Å². The van der Waals surface area contributed by atoms with Gasteiger partial charge in [-0.1, -0.05) is 36.4 Å². The number of hydrogen-bond acceptors (Lipinski definition) is 9. The van der Waals surface area contributed by atoms with Crippen LogP contribution in [0.1, 0.15) is 58.4 Å². The zero-order valence-corrected chi connectivity index (χ0v) is 29.7. The van der Waals surface area contributed by atoms with Gasteiger partial charge in [0.25, 0.3) is 0 Å². The van der Waals surface area contributed by atoms with Crippen molar-refractivity contribution in [3.05, 3.63) is 78.4 Å². The Labute approximate surface area is 297 Å². The van der Waals surface area contributed by atoms with Gasteiger partial charge < -0.3 is 20.7 Å². The second-order valence-electron chi connectivity index (χ2n) is 13.9. The molecule has 1 aromatic heterocycles. The first-order chi connectivity index (χ1) is 24.2. The maximum atomic E-state index is 13.7. The molecule has 270 valence electrons. The Morgan fingerprint density at radius 3 is 2.22 bits per heavy atom. The first-order valence-electron chi connectivity index (χ1n) is 16.8. The standard InChI is InChI=1S/C36H44N8O6S/c1-36(2,3)50-35(47)38-22-25-9-7-24(8-10-25)20-32(45)40-31(34(46)39-29-17-15-27(16-18-29)33-41-43-44-42-33)19-23-11-13-26(14-12-23)28-5-4-6-30(21-28)51(37,48)49/h4-6,11-18,21,24-25,31H,7-10,19-20,22H2,1-3H3,(H,38,47)(H,39,46)(H,40,45)(H2,37,48,49)(H,41,42,43,44). The highest BCUT2D eigenvalue weighted by Gasteiger charge is 2.27. The minimum atomic E-state index is -3.86. The van der Waals surface area contributed by atoms with E-state index in [4.69, 9.17) is 9.88 Å². The van der Waals surface area contributed by atoms with Crippen LogP contribution in [-0.4, -0.2) is 65.1 Å². The van der Waals surface area contributed by atoms with Gasteiger partial charge in [0, 0.05) is 30.6 Å². The first kappa shape index (κ1) is 37.1. The number of primary sulfonamides is 1. The lowest BCUT2D eigenvalue weighted by Crippen LogP contribution is -2.45. The van der Waals surface area contributed by atoms with E-state index in [2.05, 4.69) is 36.6 Å². The third-order valence-corrected chi connectivity index (χ3v) is 9.58. The molecule has 3 amide bonds. The van der Waals surface area contributed by atoms with Crippen LogP contribution in [0.4, 0.5) is 10.5 Å². The lowest BCUT2D eigenvalue weighted by molar-refractivity contribution is -0.127. The van der Waals surface area contributed by atoms with Crippen molar-refractivity contribution in [2.75, 3.05) is 11.9 Å². The summed E-state index contributed by atoms with van der Waals surface area (Å²) in [6, 6.07) is 19.8. The van der Waals surface area contributed by atoms with E-state index in [1.54, 1.807) is 36.4 Å². The maximum Gasteiger partial charge on any atom is 0.407 e. The molecule has 1 aliphatic rings. The molecular weight excluding hydrogens is 673 g/mol. The SMILES string of the molecule is CC(C)(C)OC(=O)NCC1CCC(CC(=O)NC(Cc2ccc(-c3cccc(S(N)(=O)=O)c3)cc2)C(=O)Nc2ccc(-c3nn[nH]n3)cc2)CC1. The lowest BCUT2D eigenvalue weighted by atomic mass is 9.80. The van der Waals surface area contributed by atoms with Crippen LogP contribution in [0.25, 0.3) is 22.5 Å². The fraction of sp³-hybridized carbons (Fsp3) is 0.389. The van der Waals surface area contributed by atoms with E-state index in [1.807, 2.05) is 45.0 Å². The molecule has 0 radical (unpaired) electrons. The van der Waals surface area contributed by atoms with Crippen molar-refractivity contribution in [1.29, 1.82) is 0 Å². The number of nitrogens with zero attached hydrogens (tertiary/aromatic N) is 3. The number of aromatic amines is 1. The minimum absolute atomic E-state index is 0.0137. The van der Waals surface area contributed by atoms with Crippen molar-refractivity contribution in [2.24, 2.45) is 17.0 Å². The van der Waals surface area contributed by atoms with E-state index in [-0.39, 0.29) is 35.5 Å². The van der Waals surface area contributed by atoms with Crippen LogP contribution in [0.2, 0.25) is 0 Å². The number of rotatable bonds is 12. The van der Waals surface area contributed by atoms with Crippen molar-refractivity contribution in [2.45, 2.75) is 75.8 Å². The van der Waals surface area contributed by atoms with E-state index in [1.165, 1.54) is 12.1 Å². The number of aromatic nitrogens is 4. The second-order valence-corrected chi connectivity index (χ2v) is 15.4. The number of benzene rings is 3. The molecule has 0 bridgehead atoms. The van der Waals surface area contributed by atoms with Gasteiger partial charge in [0.15, 0.2) is 0 Å². The molecule has 6 N–H and O–H groups in total. The van der Waals surface area contributed by atoms with Crippen molar-refractivity contribution in [1.82, 2.24) is 31.3 Å². The molecular formula is C36H44N8O6S. The molecule has 0 spiro atoms. The maximum absolute atomic E-state index is 13.7. The molecule has 0 aliphatic heterocycles. The third kappa shape index (κ3) is 11.2. The molecule has 3 aromatic carbocycles.